The molecule has 0 fully saturated rings. The average Bonchev–Trinajstić information content (AvgIpc) is 3.31. The van der Waals surface area contributed by atoms with E-state index in [0.29, 0.717) is 36.6 Å². The highest BCUT2D eigenvalue weighted by Gasteiger charge is 2.20. The molecule has 8 heteroatoms. The van der Waals surface area contributed by atoms with Crippen molar-refractivity contribution in [3.63, 3.8) is 0 Å². The molecule has 0 saturated carbocycles. The number of nitrogens with one attached hydrogen (secondary N) is 3. The summed E-state index contributed by atoms with van der Waals surface area (Å²) in [6.07, 6.45) is 6.04. The Balaban J connectivity index is 1.33. The van der Waals surface area contributed by atoms with E-state index >= 15 is 0 Å². The molecule has 0 spiro atoms. The molecular formula is C26H25N7O. The summed E-state index contributed by atoms with van der Waals surface area (Å²) in [5.74, 6) is 0.813. The van der Waals surface area contributed by atoms with E-state index in [4.69, 9.17) is 11.1 Å². The maximum Gasteiger partial charge on any atom is 0.227 e. The summed E-state index contributed by atoms with van der Waals surface area (Å²) in [6, 6.07) is 17.3. The second-order valence-corrected chi connectivity index (χ2v) is 8.26. The molecule has 3 heterocycles. The van der Waals surface area contributed by atoms with Gasteiger partial charge in [0, 0.05) is 41.9 Å². The van der Waals surface area contributed by atoms with Gasteiger partial charge < -0.3 is 26.3 Å². The number of carbonyl (C=O) groups excluding carboxylic acids is 1. The number of carbonyl (C=O) groups is 1. The van der Waals surface area contributed by atoms with E-state index in [1.54, 1.807) is 6.07 Å². The molecule has 0 saturated heterocycles. The Hall–Kier alpha value is -4.46. The van der Waals surface area contributed by atoms with Crippen LogP contribution in [0.3, 0.4) is 0 Å². The number of aromatic nitrogens is 3. The topological polar surface area (TPSA) is 124 Å². The number of nitrogen functional groups attached to an aromatic ring is 1. The molecule has 2 aromatic carbocycles. The van der Waals surface area contributed by atoms with Gasteiger partial charge in [-0.2, -0.15) is 0 Å². The quantitative estimate of drug-likeness (QED) is 0.259. The van der Waals surface area contributed by atoms with Crippen molar-refractivity contribution in [3.8, 4) is 0 Å². The maximum absolute atomic E-state index is 12.7. The lowest BCUT2D eigenvalue weighted by Crippen LogP contribution is -2.35. The molecule has 0 bridgehead atoms. The number of hydrogen-bond acceptors (Lipinski definition) is 6. The molecule has 34 heavy (non-hydrogen) atoms. The van der Waals surface area contributed by atoms with Gasteiger partial charge in [-0.25, -0.2) is 9.97 Å². The van der Waals surface area contributed by atoms with Gasteiger partial charge in [-0.1, -0.05) is 36.4 Å². The second-order valence-electron chi connectivity index (χ2n) is 8.26. The normalized spacial score (nSPS) is 13.5. The first kappa shape index (κ1) is 21.4. The molecule has 5 N–H and O–H groups in total. The minimum Gasteiger partial charge on any atom is -0.398 e. The lowest BCUT2D eigenvalue weighted by molar-refractivity contribution is -0.130. The van der Waals surface area contributed by atoms with Crippen LogP contribution in [-0.4, -0.2) is 45.1 Å². The van der Waals surface area contributed by atoms with Gasteiger partial charge in [0.25, 0.3) is 0 Å². The molecular weight excluding hydrogens is 426 g/mol. The van der Waals surface area contributed by atoms with E-state index in [2.05, 4.69) is 26.3 Å². The molecule has 0 aliphatic carbocycles. The molecule has 1 aliphatic rings. The number of aromatic amines is 1. The molecule has 1 aliphatic heterocycles. The van der Waals surface area contributed by atoms with Crippen molar-refractivity contribution in [2.45, 2.75) is 12.8 Å². The summed E-state index contributed by atoms with van der Waals surface area (Å²) in [7, 11) is 0. The van der Waals surface area contributed by atoms with E-state index in [1.165, 1.54) is 12.5 Å². The first-order valence-corrected chi connectivity index (χ1v) is 11.1. The highest BCUT2D eigenvalue weighted by atomic mass is 16.2. The highest BCUT2D eigenvalue weighted by Crippen LogP contribution is 2.29. The van der Waals surface area contributed by atoms with E-state index in [9.17, 15) is 4.79 Å². The standard InChI is InChI=1S/C26H25N7O/c27-15-19-13-20(6-7-22(19)28)31-25-21-14-23(32-26(21)30-16-29-25)18-8-10-33(11-9-18)24(34)12-17-4-2-1-3-5-17/h1-8,13-16,27H,9-12,28H2,(H2,29,30,31,32). The molecule has 0 unspecified atom stereocenters. The fourth-order valence-corrected chi connectivity index (χ4v) is 4.15. The SMILES string of the molecule is N=Cc1cc(Nc2ncnc3[nH]c(C4=CCN(C(=O)Cc5ccccc5)CC4)cc23)ccc1N. The van der Waals surface area contributed by atoms with Gasteiger partial charge in [0.15, 0.2) is 0 Å². The van der Waals surface area contributed by atoms with Crippen LogP contribution < -0.4 is 11.1 Å². The predicted octanol–water partition coefficient (Wildman–Crippen LogP) is 4.14. The molecule has 1 amide bonds. The van der Waals surface area contributed by atoms with E-state index in [1.807, 2.05) is 53.4 Å². The van der Waals surface area contributed by atoms with Crippen molar-refractivity contribution in [2.24, 2.45) is 0 Å². The number of rotatable bonds is 6. The largest absolute Gasteiger partial charge is 0.398 e. The third-order valence-corrected chi connectivity index (χ3v) is 6.04. The van der Waals surface area contributed by atoms with Gasteiger partial charge >= 0.3 is 0 Å². The zero-order valence-electron chi connectivity index (χ0n) is 18.6. The van der Waals surface area contributed by atoms with Crippen molar-refractivity contribution in [3.05, 3.63) is 83.8 Å². The Labute approximate surface area is 197 Å². The monoisotopic (exact) mass is 451 g/mol. The lowest BCUT2D eigenvalue weighted by atomic mass is 10.0. The number of anilines is 3. The molecule has 4 aromatic rings. The summed E-state index contributed by atoms with van der Waals surface area (Å²) in [5, 5.41) is 11.7. The van der Waals surface area contributed by atoms with E-state index < -0.39 is 0 Å². The van der Waals surface area contributed by atoms with Crippen molar-refractivity contribution in [1.29, 1.82) is 5.41 Å². The average molecular weight is 452 g/mol. The van der Waals surface area contributed by atoms with Crippen LogP contribution in [0, 0.1) is 5.41 Å². The van der Waals surface area contributed by atoms with Gasteiger partial charge in [0.1, 0.15) is 17.8 Å². The van der Waals surface area contributed by atoms with Crippen LogP contribution in [0.2, 0.25) is 0 Å². The van der Waals surface area contributed by atoms with Gasteiger partial charge in [-0.05, 0) is 41.8 Å². The molecule has 0 radical (unpaired) electrons. The summed E-state index contributed by atoms with van der Waals surface area (Å²) in [6.45, 7) is 1.27. The second kappa shape index (κ2) is 9.19. The van der Waals surface area contributed by atoms with E-state index in [0.717, 1.165) is 40.0 Å². The summed E-state index contributed by atoms with van der Waals surface area (Å²) in [5.41, 5.74) is 11.8. The van der Waals surface area contributed by atoms with Gasteiger partial charge in [0.2, 0.25) is 5.91 Å². The zero-order valence-corrected chi connectivity index (χ0v) is 18.6. The summed E-state index contributed by atoms with van der Waals surface area (Å²) >= 11 is 0. The van der Waals surface area contributed by atoms with Crippen molar-refractivity contribution in [2.75, 3.05) is 24.1 Å². The number of fused-ring (bicyclic) bond motifs is 1. The van der Waals surface area contributed by atoms with Crippen molar-refractivity contribution in [1.82, 2.24) is 19.9 Å². The Morgan fingerprint density at radius 2 is 2.03 bits per heavy atom. The predicted molar refractivity (Wildman–Crippen MR) is 135 cm³/mol. The maximum atomic E-state index is 12.7. The minimum atomic E-state index is 0.142. The van der Waals surface area contributed by atoms with Crippen LogP contribution in [-0.2, 0) is 11.2 Å². The highest BCUT2D eigenvalue weighted by molar-refractivity contribution is 5.93. The van der Waals surface area contributed by atoms with Gasteiger partial charge in [-0.3, -0.25) is 4.79 Å². The Bertz CT molecular complexity index is 1390. The summed E-state index contributed by atoms with van der Waals surface area (Å²) in [4.78, 5) is 26.8. The molecule has 8 nitrogen and oxygen atoms in total. The first-order chi connectivity index (χ1) is 16.6. The first-order valence-electron chi connectivity index (χ1n) is 11.1. The van der Waals surface area contributed by atoms with Crippen LogP contribution in [0.25, 0.3) is 16.6 Å². The number of amides is 1. The third kappa shape index (κ3) is 4.38. The minimum absolute atomic E-state index is 0.142. The van der Waals surface area contributed by atoms with Crippen molar-refractivity contribution < 1.29 is 4.79 Å². The number of nitrogens with zero attached hydrogens (tertiary/aromatic N) is 3. The smallest absolute Gasteiger partial charge is 0.227 e. The van der Waals surface area contributed by atoms with Gasteiger partial charge in [-0.15, -0.1) is 0 Å². The molecule has 170 valence electrons. The number of nitrogens with two attached hydrogens (primary N) is 1. The number of H-pyrrole nitrogens is 1. The number of hydrogen-bond donors (Lipinski definition) is 4. The van der Waals surface area contributed by atoms with Gasteiger partial charge in [0.05, 0.1) is 11.8 Å². The number of benzene rings is 2. The van der Waals surface area contributed by atoms with Crippen LogP contribution in [0.4, 0.5) is 17.2 Å². The fourth-order valence-electron chi connectivity index (χ4n) is 4.15. The van der Waals surface area contributed by atoms with Crippen LogP contribution >= 0.6 is 0 Å². The Morgan fingerprint density at radius 1 is 1.18 bits per heavy atom. The fraction of sp³-hybridized carbons (Fsp3) is 0.154. The third-order valence-electron chi connectivity index (χ3n) is 6.04. The zero-order chi connectivity index (χ0) is 23.5. The summed E-state index contributed by atoms with van der Waals surface area (Å²) < 4.78 is 0. The van der Waals surface area contributed by atoms with Crippen LogP contribution in [0.5, 0.6) is 0 Å². The molecule has 5 rings (SSSR count). The molecule has 0 atom stereocenters. The van der Waals surface area contributed by atoms with Crippen molar-refractivity contribution >= 4 is 45.9 Å². The van der Waals surface area contributed by atoms with E-state index in [-0.39, 0.29) is 5.91 Å². The Morgan fingerprint density at radius 3 is 2.79 bits per heavy atom. The lowest BCUT2D eigenvalue weighted by Gasteiger charge is -2.26. The Kier molecular flexibility index (Phi) is 5.78. The van der Waals surface area contributed by atoms with Crippen LogP contribution in [0.1, 0.15) is 23.2 Å². The molecule has 2 aromatic heterocycles. The van der Waals surface area contributed by atoms with Crippen LogP contribution in [0.15, 0.2) is 67.0 Å².